The van der Waals surface area contributed by atoms with Crippen molar-refractivity contribution in [1.29, 1.82) is 0 Å². The van der Waals surface area contributed by atoms with Crippen molar-refractivity contribution in [3.8, 4) is 22.3 Å². The first kappa shape index (κ1) is 39.4. The first-order chi connectivity index (χ1) is 34.3. The molecule has 0 unspecified atom stereocenters. The summed E-state index contributed by atoms with van der Waals surface area (Å²) in [5.74, 6) is 0. The Labute approximate surface area is 402 Å². The largest absolute Gasteiger partial charge is 0.310 e. The smallest absolute Gasteiger partial charge is 0.0734 e. The van der Waals surface area contributed by atoms with Gasteiger partial charge in [0, 0.05) is 16.9 Å². The van der Waals surface area contributed by atoms with E-state index in [0.717, 1.165) is 17.1 Å². The van der Waals surface area contributed by atoms with E-state index in [9.17, 15) is 0 Å². The van der Waals surface area contributed by atoms with Crippen LogP contribution in [0.4, 0.5) is 17.1 Å². The van der Waals surface area contributed by atoms with E-state index >= 15 is 0 Å². The Morgan fingerprint density at radius 2 is 0.594 bits per heavy atom. The van der Waals surface area contributed by atoms with E-state index in [-0.39, 0.29) is 0 Å². The number of nitrogens with zero attached hydrogens (tertiary/aromatic N) is 1. The van der Waals surface area contributed by atoms with Crippen molar-refractivity contribution in [2.75, 3.05) is 4.90 Å². The fourth-order valence-corrected chi connectivity index (χ4v) is 12.7. The summed E-state index contributed by atoms with van der Waals surface area (Å²) < 4.78 is 0. The molecule has 0 aromatic heterocycles. The van der Waals surface area contributed by atoms with Crippen LogP contribution >= 0.6 is 0 Å². The quantitative estimate of drug-likeness (QED) is 0.144. The summed E-state index contributed by atoms with van der Waals surface area (Å²) in [5, 5.41) is 7.54. The van der Waals surface area contributed by atoms with Crippen molar-refractivity contribution in [3.63, 3.8) is 0 Å². The maximum Gasteiger partial charge on any atom is 0.0734 e. The fraction of sp³-hybridized carbons (Fsp3) is 0.0294. The third kappa shape index (κ3) is 5.53. The van der Waals surface area contributed by atoms with Crippen LogP contribution in [0.25, 0.3) is 54.6 Å². The number of fused-ring (bicyclic) bond motifs is 12. The molecule has 0 aliphatic heterocycles. The molecule has 0 N–H and O–H groups in total. The van der Waals surface area contributed by atoms with Crippen molar-refractivity contribution in [2.24, 2.45) is 0 Å². The molecule has 0 spiro atoms. The second-order valence-corrected chi connectivity index (χ2v) is 18.6. The Morgan fingerprint density at radius 1 is 0.232 bits per heavy atom. The molecular formula is C68H45N. The van der Waals surface area contributed by atoms with Crippen LogP contribution in [0.3, 0.4) is 0 Å². The zero-order valence-corrected chi connectivity index (χ0v) is 37.9. The van der Waals surface area contributed by atoms with Crippen LogP contribution in [0, 0.1) is 0 Å². The minimum absolute atomic E-state index is 0.508. The van der Waals surface area contributed by atoms with Gasteiger partial charge in [0.1, 0.15) is 0 Å². The number of benzene rings is 12. The van der Waals surface area contributed by atoms with Gasteiger partial charge in [0.25, 0.3) is 0 Å². The average molecular weight is 876 g/mol. The predicted octanol–water partition coefficient (Wildman–Crippen LogP) is 17.3. The Bertz CT molecular complexity index is 3830. The van der Waals surface area contributed by atoms with Crippen LogP contribution in [-0.2, 0) is 10.8 Å². The highest BCUT2D eigenvalue weighted by Crippen LogP contribution is 2.61. The van der Waals surface area contributed by atoms with Crippen molar-refractivity contribution >= 4 is 49.4 Å². The number of anilines is 3. The van der Waals surface area contributed by atoms with Crippen molar-refractivity contribution in [1.82, 2.24) is 0 Å². The molecule has 0 bridgehead atoms. The van der Waals surface area contributed by atoms with Gasteiger partial charge < -0.3 is 4.90 Å². The Morgan fingerprint density at radius 3 is 1.12 bits per heavy atom. The van der Waals surface area contributed by atoms with Crippen LogP contribution in [0.2, 0.25) is 0 Å². The van der Waals surface area contributed by atoms with Gasteiger partial charge in [-0.2, -0.15) is 0 Å². The first-order valence-electron chi connectivity index (χ1n) is 24.1. The Balaban J connectivity index is 1.07. The fourth-order valence-electron chi connectivity index (χ4n) is 12.7. The first-order valence-corrected chi connectivity index (χ1v) is 24.1. The summed E-state index contributed by atoms with van der Waals surface area (Å²) in [6, 6.07) is 102. The van der Waals surface area contributed by atoms with Crippen LogP contribution in [0.15, 0.2) is 273 Å². The minimum Gasteiger partial charge on any atom is -0.310 e. The summed E-state index contributed by atoms with van der Waals surface area (Å²) >= 11 is 0. The zero-order valence-electron chi connectivity index (χ0n) is 37.9. The van der Waals surface area contributed by atoms with Gasteiger partial charge >= 0.3 is 0 Å². The Hall–Kier alpha value is -8.78. The molecule has 1 nitrogen and oxygen atoms in total. The lowest BCUT2D eigenvalue weighted by atomic mass is 9.67. The molecule has 0 amide bonds. The van der Waals surface area contributed by atoms with Gasteiger partial charge in [0.2, 0.25) is 0 Å². The van der Waals surface area contributed by atoms with Gasteiger partial charge in [0.15, 0.2) is 0 Å². The predicted molar refractivity (Wildman–Crippen MR) is 288 cm³/mol. The summed E-state index contributed by atoms with van der Waals surface area (Å²) in [7, 11) is 0. The van der Waals surface area contributed by atoms with Gasteiger partial charge in [-0.05, 0) is 124 Å². The normalized spacial score (nSPS) is 13.7. The SMILES string of the molecule is c1ccc(C2(c3ccc(N(c4ccc5c6ccccc6c6ccccc6c5c4)c4cccc5c4C(c4ccccc4)(c4ccccc4)c4ccccc4-5)cc3)c3ccccc3-c3ccccc32)cc1. The second kappa shape index (κ2) is 15.4. The molecule has 1 heteroatoms. The minimum atomic E-state index is -0.613. The molecule has 0 radical (unpaired) electrons. The molecule has 2 aliphatic rings. The highest BCUT2D eigenvalue weighted by atomic mass is 15.1. The standard InChI is InChI=1S/C68H45N/c1-4-21-46(22-5-1)67(62-35-17-14-31-57(62)58-32-15-18-36-63(58)67)49-39-41-50(42-40-49)69(51-43-44-56-54-29-11-10-27-52(54)53-28-12-13-30-55(53)61(56)45-51)65-38-20-34-60-59-33-16-19-37-64(59)68(66(60)65,47-23-6-2-7-24-47)48-25-8-3-9-26-48/h1-45H. The molecule has 69 heavy (non-hydrogen) atoms. The van der Waals surface area contributed by atoms with Crippen molar-refractivity contribution in [3.05, 3.63) is 317 Å². The summed E-state index contributed by atoms with van der Waals surface area (Å²) in [6.07, 6.45) is 0. The van der Waals surface area contributed by atoms with Gasteiger partial charge in [-0.15, -0.1) is 0 Å². The topological polar surface area (TPSA) is 3.24 Å². The second-order valence-electron chi connectivity index (χ2n) is 18.6. The van der Waals surface area contributed by atoms with E-state index in [1.165, 1.54) is 99.1 Å². The average Bonchev–Trinajstić information content (AvgIpc) is 3.91. The van der Waals surface area contributed by atoms with Gasteiger partial charge in [-0.1, -0.05) is 243 Å². The molecule has 0 fully saturated rings. The van der Waals surface area contributed by atoms with Crippen LogP contribution in [-0.4, -0.2) is 0 Å². The lowest BCUT2D eigenvalue weighted by Crippen LogP contribution is -2.30. The maximum absolute atomic E-state index is 2.55. The third-order valence-corrected chi connectivity index (χ3v) is 15.4. The summed E-state index contributed by atoms with van der Waals surface area (Å²) in [6.45, 7) is 0. The number of hydrogen-bond acceptors (Lipinski definition) is 1. The Kier molecular flexibility index (Phi) is 8.78. The van der Waals surface area contributed by atoms with Gasteiger partial charge in [-0.25, -0.2) is 0 Å². The number of rotatable bonds is 7. The van der Waals surface area contributed by atoms with E-state index in [4.69, 9.17) is 0 Å². The van der Waals surface area contributed by atoms with Crippen LogP contribution < -0.4 is 4.90 Å². The van der Waals surface area contributed by atoms with Crippen molar-refractivity contribution in [2.45, 2.75) is 10.8 Å². The van der Waals surface area contributed by atoms with Gasteiger partial charge in [0.05, 0.1) is 16.5 Å². The summed E-state index contributed by atoms with van der Waals surface area (Å²) in [4.78, 5) is 2.55. The van der Waals surface area contributed by atoms with E-state index in [0.29, 0.717) is 0 Å². The number of hydrogen-bond donors (Lipinski definition) is 0. The highest BCUT2D eigenvalue weighted by molar-refractivity contribution is 6.25. The van der Waals surface area contributed by atoms with Crippen LogP contribution in [0.1, 0.15) is 44.5 Å². The van der Waals surface area contributed by atoms with Crippen molar-refractivity contribution < 1.29 is 0 Å². The maximum atomic E-state index is 2.55. The van der Waals surface area contributed by atoms with E-state index in [1.807, 2.05) is 0 Å². The van der Waals surface area contributed by atoms with E-state index in [2.05, 4.69) is 278 Å². The molecule has 0 saturated carbocycles. The summed E-state index contributed by atoms with van der Waals surface area (Å²) in [5.41, 5.74) is 17.5. The lowest BCUT2D eigenvalue weighted by Gasteiger charge is -2.38. The van der Waals surface area contributed by atoms with E-state index < -0.39 is 10.8 Å². The lowest BCUT2D eigenvalue weighted by molar-refractivity contribution is 0.766. The highest BCUT2D eigenvalue weighted by Gasteiger charge is 2.49. The molecule has 14 rings (SSSR count). The third-order valence-electron chi connectivity index (χ3n) is 15.4. The van der Waals surface area contributed by atoms with Gasteiger partial charge in [-0.3, -0.25) is 0 Å². The molecule has 12 aromatic rings. The molecule has 12 aromatic carbocycles. The molecular weight excluding hydrogens is 831 g/mol. The van der Waals surface area contributed by atoms with Crippen LogP contribution in [0.5, 0.6) is 0 Å². The molecule has 0 atom stereocenters. The molecule has 0 saturated heterocycles. The van der Waals surface area contributed by atoms with E-state index in [1.54, 1.807) is 0 Å². The molecule has 0 heterocycles. The zero-order chi connectivity index (χ0) is 45.5. The molecule has 322 valence electrons. The molecule has 2 aliphatic carbocycles. The monoisotopic (exact) mass is 875 g/mol.